The van der Waals surface area contributed by atoms with Crippen LogP contribution in [0.15, 0.2) is 54.6 Å². The Morgan fingerprint density at radius 1 is 0.905 bits per heavy atom. The van der Waals surface area contributed by atoms with Gasteiger partial charge in [-0.3, -0.25) is 0 Å². The van der Waals surface area contributed by atoms with Crippen molar-refractivity contribution in [1.82, 2.24) is 0 Å². The zero-order valence-electron chi connectivity index (χ0n) is 11.5. The van der Waals surface area contributed by atoms with E-state index in [9.17, 15) is 0 Å². The van der Waals surface area contributed by atoms with Gasteiger partial charge in [0.15, 0.2) is 11.5 Å². The Labute approximate surface area is 122 Å². The minimum atomic E-state index is 0.271. The molecular formula is C18H15NO2. The summed E-state index contributed by atoms with van der Waals surface area (Å²) in [7, 11) is 0. The van der Waals surface area contributed by atoms with Crippen molar-refractivity contribution in [2.75, 3.05) is 12.5 Å². The Kier molecular flexibility index (Phi) is 2.71. The normalized spacial score (nSPS) is 12.8. The maximum Gasteiger partial charge on any atom is 0.231 e. The second-order valence-electron chi connectivity index (χ2n) is 5.19. The van der Waals surface area contributed by atoms with Crippen molar-refractivity contribution in [2.45, 2.75) is 6.42 Å². The summed E-state index contributed by atoms with van der Waals surface area (Å²) in [5.41, 5.74) is 9.26. The van der Waals surface area contributed by atoms with Gasteiger partial charge < -0.3 is 15.2 Å². The lowest BCUT2D eigenvalue weighted by molar-refractivity contribution is 0.173. The van der Waals surface area contributed by atoms with Gasteiger partial charge in [-0.15, -0.1) is 0 Å². The number of nitrogens with two attached hydrogens (primary N) is 1. The molecule has 3 aromatic carbocycles. The highest BCUT2D eigenvalue weighted by Gasteiger charge is 2.21. The third kappa shape index (κ3) is 1.98. The number of benzene rings is 3. The van der Waals surface area contributed by atoms with E-state index in [0.717, 1.165) is 39.9 Å². The molecule has 0 saturated carbocycles. The van der Waals surface area contributed by atoms with Crippen LogP contribution in [0.5, 0.6) is 11.5 Å². The minimum absolute atomic E-state index is 0.271. The molecule has 104 valence electrons. The smallest absolute Gasteiger partial charge is 0.231 e. The molecule has 21 heavy (non-hydrogen) atoms. The lowest BCUT2D eigenvalue weighted by Gasteiger charge is -2.12. The van der Waals surface area contributed by atoms with Gasteiger partial charge in [-0.05, 0) is 23.1 Å². The van der Waals surface area contributed by atoms with E-state index in [0.29, 0.717) is 0 Å². The Balaban J connectivity index is 1.96. The molecule has 3 heteroatoms. The second-order valence-corrected chi connectivity index (χ2v) is 5.19. The van der Waals surface area contributed by atoms with E-state index in [1.807, 2.05) is 36.4 Å². The van der Waals surface area contributed by atoms with Crippen LogP contribution in [0, 0.1) is 0 Å². The molecule has 1 aliphatic heterocycles. The fraction of sp³-hybridized carbons (Fsp3) is 0.111. The Morgan fingerprint density at radius 3 is 2.62 bits per heavy atom. The van der Waals surface area contributed by atoms with Crippen LogP contribution < -0.4 is 15.2 Å². The molecule has 0 bridgehead atoms. The first-order chi connectivity index (χ1) is 10.3. The maximum atomic E-state index is 6.12. The molecule has 0 unspecified atom stereocenters. The lowest BCUT2D eigenvalue weighted by atomic mass is 9.96. The fourth-order valence-electron chi connectivity index (χ4n) is 2.87. The number of hydrogen-bond donors (Lipinski definition) is 1. The third-order valence-corrected chi connectivity index (χ3v) is 3.88. The Bertz CT molecular complexity index is 812. The van der Waals surface area contributed by atoms with Crippen molar-refractivity contribution in [1.29, 1.82) is 0 Å². The van der Waals surface area contributed by atoms with Gasteiger partial charge in [0.2, 0.25) is 6.79 Å². The molecular weight excluding hydrogens is 262 g/mol. The quantitative estimate of drug-likeness (QED) is 0.726. The molecule has 4 rings (SSSR count). The van der Waals surface area contributed by atoms with Gasteiger partial charge in [-0.1, -0.05) is 42.5 Å². The summed E-state index contributed by atoms with van der Waals surface area (Å²) in [6.07, 6.45) is 0.799. The van der Waals surface area contributed by atoms with Crippen molar-refractivity contribution in [3.05, 3.63) is 65.7 Å². The molecule has 0 aromatic heterocycles. The fourth-order valence-corrected chi connectivity index (χ4v) is 2.87. The molecule has 3 aromatic rings. The number of rotatable bonds is 2. The largest absolute Gasteiger partial charge is 0.454 e. The molecule has 0 fully saturated rings. The van der Waals surface area contributed by atoms with Gasteiger partial charge in [-0.25, -0.2) is 0 Å². The maximum absolute atomic E-state index is 6.12. The van der Waals surface area contributed by atoms with E-state index in [1.54, 1.807) is 0 Å². The number of anilines is 1. The van der Waals surface area contributed by atoms with Gasteiger partial charge in [0.25, 0.3) is 0 Å². The van der Waals surface area contributed by atoms with Crippen LogP contribution in [0.1, 0.15) is 11.1 Å². The van der Waals surface area contributed by atoms with Crippen LogP contribution in [0.4, 0.5) is 5.69 Å². The molecule has 0 saturated heterocycles. The van der Waals surface area contributed by atoms with Crippen molar-refractivity contribution in [3.8, 4) is 11.5 Å². The summed E-state index contributed by atoms with van der Waals surface area (Å²) in [5.74, 6) is 1.63. The van der Waals surface area contributed by atoms with Gasteiger partial charge in [0.1, 0.15) is 0 Å². The predicted molar refractivity (Wildman–Crippen MR) is 83.7 cm³/mol. The first-order valence-corrected chi connectivity index (χ1v) is 6.96. The zero-order valence-corrected chi connectivity index (χ0v) is 11.5. The Hall–Kier alpha value is -2.68. The van der Waals surface area contributed by atoms with Crippen molar-refractivity contribution in [3.63, 3.8) is 0 Å². The average molecular weight is 277 g/mol. The van der Waals surface area contributed by atoms with Gasteiger partial charge in [0.05, 0.1) is 0 Å². The van der Waals surface area contributed by atoms with Crippen LogP contribution in [0.3, 0.4) is 0 Å². The molecule has 0 amide bonds. The summed E-state index contributed by atoms with van der Waals surface area (Å²) in [4.78, 5) is 0. The second kappa shape index (κ2) is 4.70. The van der Waals surface area contributed by atoms with E-state index in [-0.39, 0.29) is 6.79 Å². The number of fused-ring (bicyclic) bond motifs is 2. The first-order valence-electron chi connectivity index (χ1n) is 6.96. The van der Waals surface area contributed by atoms with Gasteiger partial charge >= 0.3 is 0 Å². The zero-order chi connectivity index (χ0) is 14.2. The summed E-state index contributed by atoms with van der Waals surface area (Å²) < 4.78 is 11.2. The van der Waals surface area contributed by atoms with Crippen molar-refractivity contribution < 1.29 is 9.47 Å². The van der Waals surface area contributed by atoms with Crippen LogP contribution >= 0.6 is 0 Å². The highest BCUT2D eigenvalue weighted by Crippen LogP contribution is 2.43. The van der Waals surface area contributed by atoms with E-state index >= 15 is 0 Å². The van der Waals surface area contributed by atoms with Crippen molar-refractivity contribution in [2.24, 2.45) is 0 Å². The van der Waals surface area contributed by atoms with Gasteiger partial charge in [0, 0.05) is 23.1 Å². The standard InChI is InChI=1S/C18H15NO2/c19-16-8-4-7-13-14(16)10-17-18(21-11-20-17)15(13)9-12-5-2-1-3-6-12/h1-8,10H,9,11,19H2. The molecule has 1 aliphatic rings. The molecule has 0 aliphatic carbocycles. The molecule has 0 radical (unpaired) electrons. The number of hydrogen-bond acceptors (Lipinski definition) is 3. The summed E-state index contributed by atoms with van der Waals surface area (Å²) >= 11 is 0. The van der Waals surface area contributed by atoms with Crippen LogP contribution in [0.2, 0.25) is 0 Å². The van der Waals surface area contributed by atoms with Crippen molar-refractivity contribution >= 4 is 16.5 Å². The highest BCUT2D eigenvalue weighted by atomic mass is 16.7. The van der Waals surface area contributed by atoms with E-state index < -0.39 is 0 Å². The van der Waals surface area contributed by atoms with E-state index in [1.165, 1.54) is 5.56 Å². The Morgan fingerprint density at radius 2 is 1.76 bits per heavy atom. The predicted octanol–water partition coefficient (Wildman–Crippen LogP) is 3.74. The number of nitrogen functional groups attached to an aromatic ring is 1. The molecule has 0 atom stereocenters. The molecule has 2 N–H and O–H groups in total. The lowest BCUT2D eigenvalue weighted by Crippen LogP contribution is -1.96. The SMILES string of the molecule is Nc1cccc2c(Cc3ccccc3)c3c(cc12)OCO3. The summed E-state index contributed by atoms with van der Waals surface area (Å²) in [6, 6.07) is 18.3. The molecule has 1 heterocycles. The minimum Gasteiger partial charge on any atom is -0.454 e. The van der Waals surface area contributed by atoms with Crippen LogP contribution in [-0.2, 0) is 6.42 Å². The van der Waals surface area contributed by atoms with E-state index in [4.69, 9.17) is 15.2 Å². The monoisotopic (exact) mass is 277 g/mol. The van der Waals surface area contributed by atoms with E-state index in [2.05, 4.69) is 18.2 Å². The highest BCUT2D eigenvalue weighted by molar-refractivity contribution is 5.98. The van der Waals surface area contributed by atoms with Crippen LogP contribution in [-0.4, -0.2) is 6.79 Å². The summed E-state index contributed by atoms with van der Waals surface area (Å²) in [5, 5.41) is 2.15. The molecule has 3 nitrogen and oxygen atoms in total. The number of ether oxygens (including phenoxy) is 2. The van der Waals surface area contributed by atoms with Crippen LogP contribution in [0.25, 0.3) is 10.8 Å². The third-order valence-electron chi connectivity index (χ3n) is 3.88. The topological polar surface area (TPSA) is 44.5 Å². The molecule has 0 spiro atoms. The first kappa shape index (κ1) is 12.1. The summed E-state index contributed by atoms with van der Waals surface area (Å²) in [6.45, 7) is 0.271. The van der Waals surface area contributed by atoms with Gasteiger partial charge in [-0.2, -0.15) is 0 Å². The average Bonchev–Trinajstić information content (AvgIpc) is 2.97.